The summed E-state index contributed by atoms with van der Waals surface area (Å²) in [7, 11) is 0. The van der Waals surface area contributed by atoms with Crippen molar-refractivity contribution in [2.24, 2.45) is 0 Å². The van der Waals surface area contributed by atoms with Crippen molar-refractivity contribution in [1.29, 1.82) is 5.26 Å². The molecule has 0 aliphatic heterocycles. The van der Waals surface area contributed by atoms with E-state index < -0.39 is 35.7 Å². The summed E-state index contributed by atoms with van der Waals surface area (Å²) >= 11 is 0. The van der Waals surface area contributed by atoms with Crippen LogP contribution in [0.1, 0.15) is 27.2 Å². The normalized spacial score (nSPS) is 10.4. The molecule has 0 saturated heterocycles. The number of aromatic nitrogens is 1. The molecule has 8 heteroatoms. The van der Waals surface area contributed by atoms with E-state index >= 15 is 0 Å². The number of para-hydroxylation sites is 1. The number of nitriles is 1. The van der Waals surface area contributed by atoms with Gasteiger partial charge in [-0.1, -0.05) is 18.2 Å². The molecule has 0 bridgehead atoms. The third-order valence-corrected chi connectivity index (χ3v) is 4.58. The van der Waals surface area contributed by atoms with Gasteiger partial charge in [0.05, 0.1) is 11.1 Å². The molecule has 2 aromatic carbocycles. The number of esters is 1. The van der Waals surface area contributed by atoms with Crippen LogP contribution in [0, 0.1) is 36.8 Å². The topological polar surface area (TPSA) is 84.1 Å². The number of benzene rings is 2. The van der Waals surface area contributed by atoms with Gasteiger partial charge in [0.15, 0.2) is 6.61 Å². The summed E-state index contributed by atoms with van der Waals surface area (Å²) in [4.78, 5) is 24.4. The molecule has 0 aliphatic rings. The first-order valence-corrected chi connectivity index (χ1v) is 8.93. The maximum atomic E-state index is 13.7. The molecule has 0 atom stereocenters. The Bertz CT molecular complexity index is 1160. The Morgan fingerprint density at radius 2 is 1.83 bits per heavy atom. The predicted molar refractivity (Wildman–Crippen MR) is 105 cm³/mol. The van der Waals surface area contributed by atoms with Crippen molar-refractivity contribution in [3.8, 4) is 11.8 Å². The summed E-state index contributed by atoms with van der Waals surface area (Å²) in [6, 6.07) is 13.6. The van der Waals surface area contributed by atoms with E-state index in [-0.39, 0.29) is 11.4 Å². The zero-order valence-electron chi connectivity index (χ0n) is 16.2. The van der Waals surface area contributed by atoms with Gasteiger partial charge in [-0.3, -0.25) is 9.36 Å². The zero-order valence-corrected chi connectivity index (χ0v) is 16.2. The first kappa shape index (κ1) is 20.7. The lowest BCUT2D eigenvalue weighted by molar-refractivity contribution is -0.119. The number of halogens is 2. The lowest BCUT2D eigenvalue weighted by Gasteiger charge is -2.13. The second kappa shape index (κ2) is 8.57. The maximum absolute atomic E-state index is 13.7. The van der Waals surface area contributed by atoms with Gasteiger partial charge in [0.2, 0.25) is 0 Å². The number of hydrogen-bond acceptors (Lipinski definition) is 4. The van der Waals surface area contributed by atoms with Crippen LogP contribution < -0.4 is 5.32 Å². The monoisotopic (exact) mass is 409 g/mol. The Kier molecular flexibility index (Phi) is 5.93. The van der Waals surface area contributed by atoms with Crippen LogP contribution in [0.3, 0.4) is 0 Å². The Hall–Kier alpha value is -3.99. The summed E-state index contributed by atoms with van der Waals surface area (Å²) in [6.45, 7) is 2.87. The van der Waals surface area contributed by atoms with Crippen molar-refractivity contribution in [2.45, 2.75) is 13.8 Å². The number of rotatable bonds is 5. The smallest absolute Gasteiger partial charge is 0.341 e. The highest BCUT2D eigenvalue weighted by atomic mass is 19.1. The number of carbonyl (C=O) groups excluding carboxylic acids is 2. The second-order valence-corrected chi connectivity index (χ2v) is 6.47. The number of nitrogens with one attached hydrogen (secondary N) is 1. The third-order valence-electron chi connectivity index (χ3n) is 4.58. The fourth-order valence-electron chi connectivity index (χ4n) is 2.99. The number of ether oxygens (including phenoxy) is 1. The van der Waals surface area contributed by atoms with Crippen molar-refractivity contribution in [3.05, 3.63) is 82.5 Å². The fraction of sp³-hybridized carbons (Fsp3) is 0.136. The Morgan fingerprint density at radius 3 is 2.47 bits per heavy atom. The Morgan fingerprint density at radius 1 is 1.13 bits per heavy atom. The van der Waals surface area contributed by atoms with Gasteiger partial charge < -0.3 is 10.1 Å². The minimum absolute atomic E-state index is 0.243. The van der Waals surface area contributed by atoms with E-state index in [1.165, 1.54) is 0 Å². The molecular weight excluding hydrogens is 392 g/mol. The molecule has 3 rings (SSSR count). The van der Waals surface area contributed by atoms with Crippen molar-refractivity contribution < 1.29 is 23.1 Å². The molecule has 30 heavy (non-hydrogen) atoms. The van der Waals surface area contributed by atoms with E-state index in [9.17, 15) is 23.6 Å². The van der Waals surface area contributed by atoms with E-state index in [1.807, 2.05) is 37.3 Å². The highest BCUT2D eigenvalue weighted by Gasteiger charge is 2.22. The van der Waals surface area contributed by atoms with Gasteiger partial charge in [-0.25, -0.2) is 13.6 Å². The molecule has 0 saturated carbocycles. The molecule has 0 unspecified atom stereocenters. The summed E-state index contributed by atoms with van der Waals surface area (Å²) < 4.78 is 33.2. The molecular formula is C22H17F2N3O3. The van der Waals surface area contributed by atoms with E-state index in [1.54, 1.807) is 11.5 Å². The van der Waals surface area contributed by atoms with Crippen molar-refractivity contribution in [3.63, 3.8) is 0 Å². The Balaban J connectivity index is 1.81. The maximum Gasteiger partial charge on any atom is 0.341 e. The molecule has 0 spiro atoms. The van der Waals surface area contributed by atoms with Crippen LogP contribution in [0.25, 0.3) is 5.69 Å². The Labute approximate surface area is 171 Å². The second-order valence-electron chi connectivity index (χ2n) is 6.47. The summed E-state index contributed by atoms with van der Waals surface area (Å²) in [5, 5.41) is 12.1. The lowest BCUT2D eigenvalue weighted by atomic mass is 10.2. The van der Waals surface area contributed by atoms with E-state index in [2.05, 4.69) is 11.4 Å². The molecule has 1 amide bonds. The molecule has 1 heterocycles. The summed E-state index contributed by atoms with van der Waals surface area (Å²) in [6.07, 6.45) is 0. The van der Waals surface area contributed by atoms with Crippen LogP contribution in [0.5, 0.6) is 0 Å². The standard InChI is InChI=1S/C22H17F2N3O3/c1-13-14(2)27(16-6-4-3-5-7-16)21(18(13)11-25)26-20(28)12-30-22(29)17-9-8-15(23)10-19(17)24/h3-10H,12H2,1-2H3,(H,26,28). The van der Waals surface area contributed by atoms with Crippen molar-refractivity contribution in [2.75, 3.05) is 11.9 Å². The van der Waals surface area contributed by atoms with Gasteiger partial charge in [0, 0.05) is 17.4 Å². The first-order chi connectivity index (χ1) is 14.3. The minimum Gasteiger partial charge on any atom is -0.452 e. The van der Waals surface area contributed by atoms with Crippen molar-refractivity contribution in [1.82, 2.24) is 4.57 Å². The van der Waals surface area contributed by atoms with E-state index in [0.29, 0.717) is 11.6 Å². The lowest BCUT2D eigenvalue weighted by Crippen LogP contribution is -2.23. The number of anilines is 1. The first-order valence-electron chi connectivity index (χ1n) is 8.93. The van der Waals surface area contributed by atoms with Gasteiger partial charge in [-0.15, -0.1) is 0 Å². The van der Waals surface area contributed by atoms with Gasteiger partial charge in [0.1, 0.15) is 23.5 Å². The zero-order chi connectivity index (χ0) is 21.8. The predicted octanol–water partition coefficient (Wildman–Crippen LogP) is 4.04. The van der Waals surface area contributed by atoms with Crippen LogP contribution in [-0.4, -0.2) is 23.1 Å². The quantitative estimate of drug-likeness (QED) is 0.645. The summed E-state index contributed by atoms with van der Waals surface area (Å²) in [5.41, 5.74) is 1.99. The van der Waals surface area contributed by atoms with Crippen LogP contribution in [-0.2, 0) is 9.53 Å². The molecule has 0 radical (unpaired) electrons. The van der Waals surface area contributed by atoms with Gasteiger partial charge in [-0.05, 0) is 43.7 Å². The van der Waals surface area contributed by atoms with E-state index in [4.69, 9.17) is 4.74 Å². The van der Waals surface area contributed by atoms with E-state index in [0.717, 1.165) is 23.5 Å². The molecule has 1 aromatic heterocycles. The minimum atomic E-state index is -1.10. The third kappa shape index (κ3) is 4.05. The van der Waals surface area contributed by atoms with Crippen LogP contribution >= 0.6 is 0 Å². The van der Waals surface area contributed by atoms with Crippen LogP contribution in [0.15, 0.2) is 48.5 Å². The van der Waals surface area contributed by atoms with Crippen LogP contribution in [0.4, 0.5) is 14.6 Å². The number of hydrogen-bond donors (Lipinski definition) is 1. The average molecular weight is 409 g/mol. The van der Waals surface area contributed by atoms with Crippen LogP contribution in [0.2, 0.25) is 0 Å². The molecule has 1 N–H and O–H groups in total. The van der Waals surface area contributed by atoms with Crippen molar-refractivity contribution >= 4 is 17.7 Å². The molecule has 6 nitrogen and oxygen atoms in total. The van der Waals surface area contributed by atoms with Gasteiger partial charge in [0.25, 0.3) is 5.91 Å². The molecule has 152 valence electrons. The number of carbonyl (C=O) groups is 2. The number of amides is 1. The summed E-state index contributed by atoms with van der Waals surface area (Å²) in [5.74, 6) is -3.49. The largest absolute Gasteiger partial charge is 0.452 e. The SMILES string of the molecule is Cc1c(C#N)c(NC(=O)COC(=O)c2ccc(F)cc2F)n(-c2ccccc2)c1C. The fourth-order valence-corrected chi connectivity index (χ4v) is 2.99. The molecule has 0 fully saturated rings. The average Bonchev–Trinajstić information content (AvgIpc) is 2.96. The van der Waals surface area contributed by atoms with Gasteiger partial charge >= 0.3 is 5.97 Å². The molecule has 3 aromatic rings. The number of nitrogens with zero attached hydrogens (tertiary/aromatic N) is 2. The molecule has 0 aliphatic carbocycles. The highest BCUT2D eigenvalue weighted by Crippen LogP contribution is 2.29. The van der Waals surface area contributed by atoms with Gasteiger partial charge in [-0.2, -0.15) is 5.26 Å². The highest BCUT2D eigenvalue weighted by molar-refractivity contribution is 5.96.